The highest BCUT2D eigenvalue weighted by Crippen LogP contribution is 2.25. The lowest BCUT2D eigenvalue weighted by Gasteiger charge is -2.23. The second-order valence-corrected chi connectivity index (χ2v) is 8.66. The minimum absolute atomic E-state index is 0.0922. The van der Waals surface area contributed by atoms with Gasteiger partial charge in [-0.25, -0.2) is 13.8 Å². The number of sulfonamides is 1. The third-order valence-corrected chi connectivity index (χ3v) is 6.14. The van der Waals surface area contributed by atoms with Crippen molar-refractivity contribution in [2.24, 2.45) is 5.10 Å². The summed E-state index contributed by atoms with van der Waals surface area (Å²) >= 11 is 3.33. The minimum Gasteiger partial charge on any atom is -0.271 e. The highest BCUT2D eigenvalue weighted by molar-refractivity contribution is 9.10. The van der Waals surface area contributed by atoms with Crippen LogP contribution >= 0.6 is 15.9 Å². The van der Waals surface area contributed by atoms with Crippen LogP contribution < -0.4 is 9.73 Å². The number of benzene rings is 2. The molecule has 1 aromatic heterocycles. The van der Waals surface area contributed by atoms with Crippen LogP contribution in [0.25, 0.3) is 0 Å². The number of amides is 1. The first kappa shape index (κ1) is 20.7. The van der Waals surface area contributed by atoms with E-state index in [1.165, 1.54) is 18.3 Å². The number of nitrogens with one attached hydrogen (secondary N) is 1. The smallest absolute Gasteiger partial charge is 0.264 e. The number of carbonyl (C=O) groups excluding carboxylic acids is 1. The highest BCUT2D eigenvalue weighted by atomic mass is 79.9. The SMILES string of the molecule is O=C(CN(c1ccc(Br)cc1)S(=O)(=O)c1ccccc1)N/N=C\c1cccnc1. The summed E-state index contributed by atoms with van der Waals surface area (Å²) in [4.78, 5) is 16.4. The number of carbonyl (C=O) groups is 1. The predicted octanol–water partition coefficient (Wildman–Crippen LogP) is 3.19. The van der Waals surface area contributed by atoms with Crippen LogP contribution in [0.5, 0.6) is 0 Å². The number of hydrogen-bond acceptors (Lipinski definition) is 5. The molecule has 0 aliphatic heterocycles. The zero-order valence-corrected chi connectivity index (χ0v) is 17.5. The van der Waals surface area contributed by atoms with Crippen molar-refractivity contribution in [3.8, 4) is 0 Å². The quantitative estimate of drug-likeness (QED) is 0.422. The van der Waals surface area contributed by atoms with Crippen molar-refractivity contribution >= 4 is 43.8 Å². The van der Waals surface area contributed by atoms with Gasteiger partial charge >= 0.3 is 0 Å². The third-order valence-electron chi connectivity index (χ3n) is 3.82. The Bertz CT molecular complexity index is 1090. The van der Waals surface area contributed by atoms with Crippen LogP contribution in [0, 0.1) is 0 Å². The van der Waals surface area contributed by atoms with E-state index in [2.05, 4.69) is 31.4 Å². The van der Waals surface area contributed by atoms with Gasteiger partial charge in [0.05, 0.1) is 16.8 Å². The zero-order chi connectivity index (χ0) is 20.7. The Kier molecular flexibility index (Phi) is 6.73. The molecule has 9 heteroatoms. The van der Waals surface area contributed by atoms with E-state index >= 15 is 0 Å². The van der Waals surface area contributed by atoms with Gasteiger partial charge in [0.2, 0.25) is 0 Å². The molecule has 3 aromatic rings. The summed E-state index contributed by atoms with van der Waals surface area (Å²) in [6.07, 6.45) is 4.64. The fraction of sp³-hybridized carbons (Fsp3) is 0.0500. The van der Waals surface area contributed by atoms with Gasteiger partial charge in [-0.3, -0.25) is 14.1 Å². The van der Waals surface area contributed by atoms with E-state index in [0.29, 0.717) is 11.3 Å². The van der Waals surface area contributed by atoms with Crippen LogP contribution in [0.15, 0.2) is 93.6 Å². The van der Waals surface area contributed by atoms with Crippen molar-refractivity contribution in [2.45, 2.75) is 4.90 Å². The molecule has 1 amide bonds. The standard InChI is InChI=1S/C20H17BrN4O3S/c21-17-8-10-18(11-9-17)25(29(27,28)19-6-2-1-3-7-19)15-20(26)24-23-14-16-5-4-12-22-13-16/h1-14H,15H2,(H,24,26)/b23-14-. The molecule has 0 unspecified atom stereocenters. The molecule has 0 saturated carbocycles. The Morgan fingerprint density at radius 1 is 1.07 bits per heavy atom. The van der Waals surface area contributed by atoms with Crippen LogP contribution in [0.3, 0.4) is 0 Å². The number of rotatable bonds is 7. The van der Waals surface area contributed by atoms with Gasteiger partial charge in [0, 0.05) is 22.4 Å². The van der Waals surface area contributed by atoms with E-state index in [1.54, 1.807) is 67.0 Å². The topological polar surface area (TPSA) is 91.7 Å². The van der Waals surface area contributed by atoms with E-state index < -0.39 is 22.5 Å². The Hall–Kier alpha value is -3.04. The molecule has 3 rings (SSSR count). The van der Waals surface area contributed by atoms with Crippen molar-refractivity contribution in [2.75, 3.05) is 10.8 Å². The molecule has 0 atom stereocenters. The maximum Gasteiger partial charge on any atom is 0.264 e. The fourth-order valence-corrected chi connectivity index (χ4v) is 4.15. The van der Waals surface area contributed by atoms with E-state index in [9.17, 15) is 13.2 Å². The molecule has 0 aliphatic rings. The summed E-state index contributed by atoms with van der Waals surface area (Å²) in [5.41, 5.74) is 3.42. The van der Waals surface area contributed by atoms with Gasteiger partial charge in [-0.2, -0.15) is 5.10 Å². The molecule has 1 heterocycles. The van der Waals surface area contributed by atoms with Gasteiger partial charge in [0.15, 0.2) is 0 Å². The highest BCUT2D eigenvalue weighted by Gasteiger charge is 2.27. The molecule has 0 saturated heterocycles. The maximum absolute atomic E-state index is 13.1. The minimum atomic E-state index is -3.94. The average Bonchev–Trinajstić information content (AvgIpc) is 2.74. The fourth-order valence-electron chi connectivity index (χ4n) is 2.44. The Labute approximate surface area is 177 Å². The first-order valence-corrected chi connectivity index (χ1v) is 10.8. The van der Waals surface area contributed by atoms with Crippen molar-refractivity contribution in [3.63, 3.8) is 0 Å². The van der Waals surface area contributed by atoms with Crippen molar-refractivity contribution in [1.29, 1.82) is 0 Å². The van der Waals surface area contributed by atoms with E-state index in [1.807, 2.05) is 0 Å². The van der Waals surface area contributed by atoms with Crippen LogP contribution in [0.4, 0.5) is 5.69 Å². The molecule has 7 nitrogen and oxygen atoms in total. The summed E-state index contributed by atoms with van der Waals surface area (Å²) in [7, 11) is -3.94. The predicted molar refractivity (Wildman–Crippen MR) is 115 cm³/mol. The lowest BCUT2D eigenvalue weighted by molar-refractivity contribution is -0.119. The second-order valence-electron chi connectivity index (χ2n) is 5.88. The molecular formula is C20H17BrN4O3S. The summed E-state index contributed by atoms with van der Waals surface area (Å²) in [6, 6.07) is 18.1. The molecule has 2 aromatic carbocycles. The first-order chi connectivity index (χ1) is 14.0. The summed E-state index contributed by atoms with van der Waals surface area (Å²) in [5.74, 6) is -0.576. The van der Waals surface area contributed by atoms with Gasteiger partial charge in [-0.05, 0) is 42.5 Å². The number of anilines is 1. The summed E-state index contributed by atoms with van der Waals surface area (Å²) < 4.78 is 28.1. The van der Waals surface area contributed by atoms with Gasteiger partial charge in [-0.1, -0.05) is 40.2 Å². The monoisotopic (exact) mass is 472 g/mol. The second kappa shape index (κ2) is 9.44. The molecule has 148 valence electrons. The third kappa shape index (κ3) is 5.49. The Morgan fingerprint density at radius 2 is 1.79 bits per heavy atom. The summed E-state index contributed by atoms with van der Waals surface area (Å²) in [6.45, 7) is -0.427. The van der Waals surface area contributed by atoms with E-state index in [0.717, 1.165) is 8.78 Å². The number of pyridine rings is 1. The molecule has 0 spiro atoms. The normalized spacial score (nSPS) is 11.3. The molecular weight excluding hydrogens is 456 g/mol. The van der Waals surface area contributed by atoms with Crippen LogP contribution in [-0.4, -0.2) is 32.1 Å². The molecule has 1 N–H and O–H groups in total. The number of hydrazone groups is 1. The lowest BCUT2D eigenvalue weighted by atomic mass is 10.3. The number of nitrogens with zero attached hydrogens (tertiary/aromatic N) is 3. The maximum atomic E-state index is 13.1. The molecule has 29 heavy (non-hydrogen) atoms. The van der Waals surface area contributed by atoms with Crippen molar-refractivity contribution < 1.29 is 13.2 Å². The zero-order valence-electron chi connectivity index (χ0n) is 15.1. The van der Waals surface area contributed by atoms with E-state index in [4.69, 9.17) is 0 Å². The molecule has 0 aliphatic carbocycles. The Balaban J connectivity index is 1.83. The van der Waals surface area contributed by atoms with Crippen molar-refractivity contribution in [3.05, 3.63) is 89.2 Å². The van der Waals surface area contributed by atoms with Crippen LogP contribution in [0.2, 0.25) is 0 Å². The number of aromatic nitrogens is 1. The van der Waals surface area contributed by atoms with Crippen molar-refractivity contribution in [1.82, 2.24) is 10.4 Å². The van der Waals surface area contributed by atoms with E-state index in [-0.39, 0.29) is 4.90 Å². The molecule has 0 bridgehead atoms. The first-order valence-electron chi connectivity index (χ1n) is 8.52. The van der Waals surface area contributed by atoms with Gasteiger partial charge in [0.1, 0.15) is 6.54 Å². The summed E-state index contributed by atoms with van der Waals surface area (Å²) in [5, 5.41) is 3.86. The van der Waals surface area contributed by atoms with Crippen LogP contribution in [-0.2, 0) is 14.8 Å². The number of halogens is 1. The van der Waals surface area contributed by atoms with Gasteiger partial charge in [0.25, 0.3) is 15.9 Å². The van der Waals surface area contributed by atoms with Crippen LogP contribution in [0.1, 0.15) is 5.56 Å². The van der Waals surface area contributed by atoms with Gasteiger partial charge < -0.3 is 0 Å². The largest absolute Gasteiger partial charge is 0.271 e. The van der Waals surface area contributed by atoms with Gasteiger partial charge in [-0.15, -0.1) is 0 Å². The molecule has 0 fully saturated rings. The lowest BCUT2D eigenvalue weighted by Crippen LogP contribution is -2.39. The molecule has 0 radical (unpaired) electrons. The average molecular weight is 473 g/mol. The number of hydrogen-bond donors (Lipinski definition) is 1. The Morgan fingerprint density at radius 3 is 2.45 bits per heavy atom.